The van der Waals surface area contributed by atoms with Crippen molar-refractivity contribution >= 4 is 38.4 Å². The second kappa shape index (κ2) is 12.1. The number of likely N-dealkylation sites (tertiary alicyclic amines) is 1. The second-order valence-corrected chi connectivity index (χ2v) is 11.4. The van der Waals surface area contributed by atoms with Crippen molar-refractivity contribution in [1.82, 2.24) is 9.47 Å². The summed E-state index contributed by atoms with van der Waals surface area (Å²) in [5.41, 5.74) is 0.0729. The number of sulfonamides is 1. The number of alkyl halides is 3. The maximum Gasteiger partial charge on any atom is 0.412 e. The minimum Gasteiger partial charge on any atom is -0.495 e. The minimum absolute atomic E-state index is 0.0474. The number of piperidine rings is 1. The number of primary sulfonamides is 1. The molecule has 10 nitrogen and oxygen atoms in total. The molecule has 1 aliphatic rings. The van der Waals surface area contributed by atoms with E-state index in [0.29, 0.717) is 31.6 Å². The van der Waals surface area contributed by atoms with Gasteiger partial charge in [-0.15, -0.1) is 0 Å². The van der Waals surface area contributed by atoms with Gasteiger partial charge in [-0.25, -0.2) is 22.7 Å². The van der Waals surface area contributed by atoms with Crippen LogP contribution in [0.15, 0.2) is 41.3 Å². The molecule has 2 heterocycles. The first-order chi connectivity index (χ1) is 19.7. The highest BCUT2D eigenvalue weighted by molar-refractivity contribution is 7.89. The molecule has 226 valence electrons. The lowest BCUT2D eigenvalue weighted by Crippen LogP contribution is -2.46. The van der Waals surface area contributed by atoms with Gasteiger partial charge in [-0.2, -0.15) is 13.2 Å². The Hall–Kier alpha value is -4.00. The maximum absolute atomic E-state index is 14.8. The number of amides is 1. The van der Waals surface area contributed by atoms with E-state index in [1.54, 1.807) is 0 Å². The van der Waals surface area contributed by atoms with Crippen molar-refractivity contribution in [3.05, 3.63) is 47.9 Å². The Balaban J connectivity index is 1.72. The molecule has 42 heavy (non-hydrogen) atoms. The number of nitrogens with one attached hydrogen (secondary N) is 1. The highest BCUT2D eigenvalue weighted by Crippen LogP contribution is 2.35. The van der Waals surface area contributed by atoms with Crippen molar-refractivity contribution < 1.29 is 40.6 Å². The predicted molar refractivity (Wildman–Crippen MR) is 149 cm³/mol. The molecule has 0 atom stereocenters. The summed E-state index contributed by atoms with van der Waals surface area (Å²) in [6.07, 6.45) is -5.06. The molecule has 3 aromatic rings. The summed E-state index contributed by atoms with van der Waals surface area (Å²) in [6, 6.07) is 6.66. The number of benzene rings is 2. The zero-order valence-corrected chi connectivity index (χ0v) is 23.5. The fourth-order valence-corrected chi connectivity index (χ4v) is 5.46. The maximum atomic E-state index is 14.8. The van der Waals surface area contributed by atoms with Crippen LogP contribution in [-0.4, -0.2) is 75.1 Å². The fraction of sp³-hybridized carbons (Fsp3) is 0.370. The van der Waals surface area contributed by atoms with E-state index in [2.05, 4.69) is 17.2 Å². The number of hydrogen-bond donors (Lipinski definition) is 3. The van der Waals surface area contributed by atoms with Gasteiger partial charge in [0.05, 0.1) is 41.1 Å². The first-order valence-electron chi connectivity index (χ1n) is 12.7. The van der Waals surface area contributed by atoms with Gasteiger partial charge in [0.25, 0.3) is 0 Å². The Morgan fingerprint density at radius 3 is 2.50 bits per heavy atom. The SMILES string of the molecule is COc1cc(S(N)(=O)=O)ccc1NCC#Cc1cc2c(N(C(=O)O)C3CCN(C)CC3)cc(F)cc2n1CC(F)(F)F. The number of fused-ring (bicyclic) bond motifs is 1. The number of anilines is 2. The van der Waals surface area contributed by atoms with Crippen molar-refractivity contribution in [3.8, 4) is 17.6 Å². The highest BCUT2D eigenvalue weighted by Gasteiger charge is 2.33. The number of nitrogens with two attached hydrogens (primary N) is 1. The summed E-state index contributed by atoms with van der Waals surface area (Å²) in [6.45, 7) is -0.333. The first-order valence-corrected chi connectivity index (χ1v) is 14.3. The number of nitrogens with zero attached hydrogens (tertiary/aromatic N) is 3. The molecular formula is C27H29F4N5O5S. The predicted octanol–water partition coefficient (Wildman–Crippen LogP) is 4.04. The zero-order valence-electron chi connectivity index (χ0n) is 22.7. The van der Waals surface area contributed by atoms with Gasteiger partial charge < -0.3 is 24.6 Å². The Labute approximate surface area is 239 Å². The molecule has 0 bridgehead atoms. The minimum atomic E-state index is -4.67. The molecule has 1 aromatic heterocycles. The van der Waals surface area contributed by atoms with Crippen LogP contribution in [0.5, 0.6) is 5.75 Å². The van der Waals surface area contributed by atoms with E-state index in [1.807, 2.05) is 11.9 Å². The largest absolute Gasteiger partial charge is 0.495 e. The average Bonchev–Trinajstić information content (AvgIpc) is 3.22. The van der Waals surface area contributed by atoms with Gasteiger partial charge in [-0.1, -0.05) is 5.92 Å². The second-order valence-electron chi connectivity index (χ2n) is 9.84. The van der Waals surface area contributed by atoms with E-state index >= 15 is 0 Å². The van der Waals surface area contributed by atoms with Crippen LogP contribution < -0.4 is 20.1 Å². The van der Waals surface area contributed by atoms with Crippen LogP contribution in [0.25, 0.3) is 10.9 Å². The molecule has 0 radical (unpaired) electrons. The number of methoxy groups -OCH3 is 1. The van der Waals surface area contributed by atoms with Gasteiger partial charge in [0.2, 0.25) is 10.0 Å². The van der Waals surface area contributed by atoms with Crippen molar-refractivity contribution in [2.24, 2.45) is 5.14 Å². The molecule has 1 aliphatic heterocycles. The molecule has 0 saturated carbocycles. The van der Waals surface area contributed by atoms with E-state index in [4.69, 9.17) is 9.88 Å². The fourth-order valence-electron chi connectivity index (χ4n) is 4.94. The molecule has 1 amide bonds. The van der Waals surface area contributed by atoms with Crippen LogP contribution in [0.2, 0.25) is 0 Å². The lowest BCUT2D eigenvalue weighted by molar-refractivity contribution is -0.140. The molecular weight excluding hydrogens is 582 g/mol. The van der Waals surface area contributed by atoms with Gasteiger partial charge in [0.15, 0.2) is 0 Å². The third-order valence-corrected chi connectivity index (χ3v) is 7.82. The molecule has 0 aliphatic carbocycles. The highest BCUT2D eigenvalue weighted by atomic mass is 32.2. The van der Waals surface area contributed by atoms with E-state index in [0.717, 1.165) is 21.6 Å². The Kier molecular flexibility index (Phi) is 8.90. The van der Waals surface area contributed by atoms with Gasteiger partial charge in [0, 0.05) is 17.5 Å². The number of carbonyl (C=O) groups is 1. The number of aromatic nitrogens is 1. The molecule has 0 unspecified atom stereocenters. The standard InChI is InChI=1S/C27H29F4N5O5S/c1-34-10-7-18(8-11-34)36(26(37)38)24-13-17(28)12-23-21(24)14-19(35(23)16-27(29,30)31)4-3-9-33-22-6-5-20(42(32,39)40)15-25(22)41-2/h5-6,12-15,18,33H,7-11,16H2,1-2H3,(H,37,38)(H2,32,39,40). The Morgan fingerprint density at radius 1 is 1.21 bits per heavy atom. The smallest absolute Gasteiger partial charge is 0.412 e. The normalized spacial score (nSPS) is 14.8. The van der Waals surface area contributed by atoms with Gasteiger partial charge in [0.1, 0.15) is 18.1 Å². The van der Waals surface area contributed by atoms with Crippen LogP contribution >= 0.6 is 0 Å². The lowest BCUT2D eigenvalue weighted by Gasteiger charge is -2.36. The number of rotatable bonds is 7. The van der Waals surface area contributed by atoms with Crippen molar-refractivity contribution in [1.29, 1.82) is 0 Å². The van der Waals surface area contributed by atoms with Crippen LogP contribution in [0, 0.1) is 17.7 Å². The van der Waals surface area contributed by atoms with Crippen LogP contribution in [0.3, 0.4) is 0 Å². The third-order valence-electron chi connectivity index (χ3n) is 6.91. The van der Waals surface area contributed by atoms with Crippen LogP contribution in [-0.2, 0) is 16.6 Å². The number of halogens is 4. The number of carboxylic acid groups (broad SMARTS) is 1. The van der Waals surface area contributed by atoms with Gasteiger partial charge in [-0.05, 0) is 69.2 Å². The summed E-state index contributed by atoms with van der Waals surface area (Å²) in [4.78, 5) is 15.2. The Bertz CT molecular complexity index is 1650. The van der Waals surface area contributed by atoms with E-state index in [1.165, 1.54) is 31.4 Å². The molecule has 1 saturated heterocycles. The molecule has 4 N–H and O–H groups in total. The van der Waals surface area contributed by atoms with E-state index < -0.39 is 40.7 Å². The summed E-state index contributed by atoms with van der Waals surface area (Å²) < 4.78 is 84.8. The van der Waals surface area contributed by atoms with E-state index in [-0.39, 0.29) is 39.5 Å². The molecule has 1 fully saturated rings. The van der Waals surface area contributed by atoms with E-state index in [9.17, 15) is 35.9 Å². The quantitative estimate of drug-likeness (QED) is 0.272. The number of ether oxygens (including phenoxy) is 1. The lowest BCUT2D eigenvalue weighted by atomic mass is 10.0. The topological polar surface area (TPSA) is 130 Å². The van der Waals surface area contributed by atoms with Crippen molar-refractivity contribution in [2.75, 3.05) is 44.0 Å². The third kappa shape index (κ3) is 7.07. The summed E-state index contributed by atoms with van der Waals surface area (Å²) in [7, 11) is -0.759. The first kappa shape index (κ1) is 30.9. The summed E-state index contributed by atoms with van der Waals surface area (Å²) in [5, 5.41) is 18.2. The number of hydrogen-bond acceptors (Lipinski definition) is 6. The molecule has 0 spiro atoms. The monoisotopic (exact) mass is 611 g/mol. The summed E-state index contributed by atoms with van der Waals surface area (Å²) in [5.74, 6) is 4.65. The van der Waals surface area contributed by atoms with Crippen molar-refractivity contribution in [3.63, 3.8) is 0 Å². The van der Waals surface area contributed by atoms with Gasteiger partial charge in [-0.3, -0.25) is 4.90 Å². The van der Waals surface area contributed by atoms with Crippen LogP contribution in [0.4, 0.5) is 33.7 Å². The Morgan fingerprint density at radius 2 is 1.90 bits per heavy atom. The molecule has 4 rings (SSSR count). The van der Waals surface area contributed by atoms with Crippen LogP contribution in [0.1, 0.15) is 18.5 Å². The molecule has 2 aromatic carbocycles. The summed E-state index contributed by atoms with van der Waals surface area (Å²) >= 11 is 0. The zero-order chi connectivity index (χ0) is 30.8. The van der Waals surface area contributed by atoms with Crippen molar-refractivity contribution in [2.45, 2.75) is 36.5 Å². The molecule has 15 heteroatoms. The van der Waals surface area contributed by atoms with Gasteiger partial charge >= 0.3 is 12.3 Å². The average molecular weight is 612 g/mol.